The minimum atomic E-state index is -0.310. The van der Waals surface area contributed by atoms with Crippen LogP contribution in [0, 0.1) is 11.3 Å². The summed E-state index contributed by atoms with van der Waals surface area (Å²) in [5.74, 6) is 0.628. The van der Waals surface area contributed by atoms with Crippen molar-refractivity contribution in [2.45, 2.75) is 45.6 Å². The number of fused-ring (bicyclic) bond motifs is 1. The summed E-state index contributed by atoms with van der Waals surface area (Å²) >= 11 is 1.71. The molecule has 2 heterocycles. The summed E-state index contributed by atoms with van der Waals surface area (Å²) in [6.45, 7) is 6.19. The Kier molecular flexibility index (Phi) is 3.20. The van der Waals surface area contributed by atoms with Crippen LogP contribution in [0.1, 0.15) is 48.4 Å². The lowest BCUT2D eigenvalue weighted by atomic mass is 9.77. The first-order valence-corrected chi connectivity index (χ1v) is 7.59. The van der Waals surface area contributed by atoms with E-state index in [1.54, 1.807) is 11.3 Å². The quantitative estimate of drug-likeness (QED) is 0.896. The maximum Gasteiger partial charge on any atom is 0.0935 e. The molecule has 100 valence electrons. The molecule has 1 fully saturated rings. The normalized spacial score (nSPS) is 30.4. The summed E-state index contributed by atoms with van der Waals surface area (Å²) in [7, 11) is 0. The fraction of sp³-hybridized carbons (Fsp3) is 0.786. The van der Waals surface area contributed by atoms with Crippen LogP contribution in [0.5, 0.6) is 0 Å². The van der Waals surface area contributed by atoms with E-state index in [2.05, 4.69) is 13.8 Å². The van der Waals surface area contributed by atoms with Gasteiger partial charge in [-0.3, -0.25) is 0 Å². The SMILES string of the molecule is CC1(C)Cc2nc(CC3CCOC3)sc2C(O)C1. The summed E-state index contributed by atoms with van der Waals surface area (Å²) in [4.78, 5) is 5.88. The Labute approximate surface area is 112 Å². The second-order valence-electron chi connectivity index (χ2n) is 6.41. The van der Waals surface area contributed by atoms with Crippen LogP contribution >= 0.6 is 11.3 Å². The number of rotatable bonds is 2. The van der Waals surface area contributed by atoms with Gasteiger partial charge in [0.15, 0.2) is 0 Å². The van der Waals surface area contributed by atoms with Crippen LogP contribution in [0.4, 0.5) is 0 Å². The van der Waals surface area contributed by atoms with E-state index in [-0.39, 0.29) is 11.5 Å². The van der Waals surface area contributed by atoms with Crippen molar-refractivity contribution in [2.24, 2.45) is 11.3 Å². The molecule has 4 heteroatoms. The van der Waals surface area contributed by atoms with E-state index in [1.807, 2.05) is 0 Å². The lowest BCUT2D eigenvalue weighted by Gasteiger charge is -2.31. The lowest BCUT2D eigenvalue weighted by molar-refractivity contribution is 0.102. The van der Waals surface area contributed by atoms with E-state index in [1.165, 1.54) is 5.01 Å². The minimum absolute atomic E-state index is 0.175. The van der Waals surface area contributed by atoms with E-state index < -0.39 is 0 Å². The van der Waals surface area contributed by atoms with Gasteiger partial charge in [0.05, 0.1) is 21.7 Å². The minimum Gasteiger partial charge on any atom is -0.387 e. The fourth-order valence-electron chi connectivity index (χ4n) is 3.02. The maximum absolute atomic E-state index is 10.2. The third kappa shape index (κ3) is 2.46. The Balaban J connectivity index is 1.79. The van der Waals surface area contributed by atoms with E-state index in [4.69, 9.17) is 9.72 Å². The molecule has 18 heavy (non-hydrogen) atoms. The molecule has 3 nitrogen and oxygen atoms in total. The number of aliphatic hydroxyl groups excluding tert-OH is 1. The van der Waals surface area contributed by atoms with Gasteiger partial charge in [-0.2, -0.15) is 0 Å². The van der Waals surface area contributed by atoms with Crippen molar-refractivity contribution >= 4 is 11.3 Å². The summed E-state index contributed by atoms with van der Waals surface area (Å²) in [5.41, 5.74) is 1.31. The van der Waals surface area contributed by atoms with Crippen molar-refractivity contribution in [1.82, 2.24) is 4.98 Å². The van der Waals surface area contributed by atoms with E-state index in [0.717, 1.165) is 49.5 Å². The van der Waals surface area contributed by atoms with Crippen LogP contribution in [-0.4, -0.2) is 23.3 Å². The predicted molar refractivity (Wildman–Crippen MR) is 71.8 cm³/mol. The number of hydrogen-bond donors (Lipinski definition) is 1. The number of thiazole rings is 1. The largest absolute Gasteiger partial charge is 0.387 e. The summed E-state index contributed by atoms with van der Waals surface area (Å²) in [6.07, 6.45) is 3.71. The highest BCUT2D eigenvalue weighted by atomic mass is 32.1. The van der Waals surface area contributed by atoms with Crippen LogP contribution in [0.3, 0.4) is 0 Å². The number of nitrogens with zero attached hydrogens (tertiary/aromatic N) is 1. The Hall–Kier alpha value is -0.450. The summed E-state index contributed by atoms with van der Waals surface area (Å²) < 4.78 is 5.41. The van der Waals surface area contributed by atoms with Gasteiger partial charge >= 0.3 is 0 Å². The van der Waals surface area contributed by atoms with Crippen molar-refractivity contribution in [1.29, 1.82) is 0 Å². The highest BCUT2D eigenvalue weighted by molar-refractivity contribution is 7.11. The topological polar surface area (TPSA) is 42.4 Å². The van der Waals surface area contributed by atoms with Gasteiger partial charge in [-0.15, -0.1) is 11.3 Å². The summed E-state index contributed by atoms with van der Waals surface area (Å²) in [6, 6.07) is 0. The third-order valence-corrected chi connectivity index (χ3v) is 5.17. The molecule has 0 bridgehead atoms. The number of hydrogen-bond acceptors (Lipinski definition) is 4. The van der Waals surface area contributed by atoms with Gasteiger partial charge in [0.2, 0.25) is 0 Å². The second-order valence-corrected chi connectivity index (χ2v) is 7.53. The molecule has 0 aromatic carbocycles. The number of aliphatic hydroxyl groups is 1. The molecule has 1 saturated heterocycles. The van der Waals surface area contributed by atoms with E-state index >= 15 is 0 Å². The molecule has 1 aliphatic heterocycles. The van der Waals surface area contributed by atoms with E-state index in [0.29, 0.717) is 5.92 Å². The van der Waals surface area contributed by atoms with E-state index in [9.17, 15) is 5.11 Å². The van der Waals surface area contributed by atoms with Crippen LogP contribution < -0.4 is 0 Å². The van der Waals surface area contributed by atoms with Crippen molar-refractivity contribution in [3.8, 4) is 0 Å². The van der Waals surface area contributed by atoms with Gasteiger partial charge in [-0.05, 0) is 30.6 Å². The monoisotopic (exact) mass is 267 g/mol. The molecule has 3 rings (SSSR count). The smallest absolute Gasteiger partial charge is 0.0935 e. The molecular weight excluding hydrogens is 246 g/mol. The highest BCUT2D eigenvalue weighted by Gasteiger charge is 2.34. The Bertz CT molecular complexity index is 435. The van der Waals surface area contributed by atoms with Gasteiger partial charge in [0.25, 0.3) is 0 Å². The standard InChI is InChI=1S/C14H21NO2S/c1-14(2)6-10-13(11(16)7-14)18-12(15-10)5-9-3-4-17-8-9/h9,11,16H,3-8H2,1-2H3. The maximum atomic E-state index is 10.2. The number of aromatic nitrogens is 1. The van der Waals surface area contributed by atoms with Gasteiger partial charge in [-0.25, -0.2) is 4.98 Å². The van der Waals surface area contributed by atoms with Crippen LogP contribution in [0.15, 0.2) is 0 Å². The molecule has 0 amide bonds. The average molecular weight is 267 g/mol. The average Bonchev–Trinajstić information content (AvgIpc) is 2.86. The van der Waals surface area contributed by atoms with Gasteiger partial charge < -0.3 is 9.84 Å². The van der Waals surface area contributed by atoms with Crippen LogP contribution in [0.2, 0.25) is 0 Å². The van der Waals surface area contributed by atoms with Gasteiger partial charge in [-0.1, -0.05) is 13.8 Å². The van der Waals surface area contributed by atoms with Crippen molar-refractivity contribution in [2.75, 3.05) is 13.2 Å². The predicted octanol–water partition coefficient (Wildman–Crippen LogP) is 2.73. The molecular formula is C14H21NO2S. The number of ether oxygens (including phenoxy) is 1. The molecule has 0 saturated carbocycles. The molecule has 2 unspecified atom stereocenters. The first kappa shape index (κ1) is 12.6. The Morgan fingerprint density at radius 1 is 1.50 bits per heavy atom. The highest BCUT2D eigenvalue weighted by Crippen LogP contribution is 2.43. The summed E-state index contributed by atoms with van der Waals surface area (Å²) in [5, 5.41) is 11.4. The lowest BCUT2D eigenvalue weighted by Crippen LogP contribution is -2.24. The zero-order valence-electron chi connectivity index (χ0n) is 11.1. The Morgan fingerprint density at radius 3 is 3.06 bits per heavy atom. The Morgan fingerprint density at radius 2 is 2.33 bits per heavy atom. The molecule has 2 atom stereocenters. The zero-order valence-corrected chi connectivity index (χ0v) is 11.9. The first-order chi connectivity index (χ1) is 8.53. The fourth-order valence-corrected chi connectivity index (χ4v) is 4.21. The molecule has 2 aliphatic rings. The van der Waals surface area contributed by atoms with Crippen molar-refractivity contribution < 1.29 is 9.84 Å². The van der Waals surface area contributed by atoms with Crippen LogP contribution in [0.25, 0.3) is 0 Å². The molecule has 0 radical (unpaired) electrons. The van der Waals surface area contributed by atoms with Crippen molar-refractivity contribution in [3.63, 3.8) is 0 Å². The molecule has 1 aliphatic carbocycles. The van der Waals surface area contributed by atoms with Crippen molar-refractivity contribution in [3.05, 3.63) is 15.6 Å². The first-order valence-electron chi connectivity index (χ1n) is 6.78. The van der Waals surface area contributed by atoms with Gasteiger partial charge in [0, 0.05) is 19.6 Å². The molecule has 1 aromatic rings. The third-order valence-electron chi connectivity index (χ3n) is 3.95. The second kappa shape index (κ2) is 4.58. The zero-order chi connectivity index (χ0) is 12.8. The molecule has 0 spiro atoms. The molecule has 1 N–H and O–H groups in total. The van der Waals surface area contributed by atoms with Gasteiger partial charge in [0.1, 0.15) is 0 Å². The molecule has 1 aromatic heterocycles. The van der Waals surface area contributed by atoms with Crippen LogP contribution in [-0.2, 0) is 17.6 Å².